The average molecular weight is 265 g/mol. The van der Waals surface area contributed by atoms with Crippen LogP contribution in [0.2, 0.25) is 0 Å². The van der Waals surface area contributed by atoms with Crippen molar-refractivity contribution >= 4 is 33.3 Å². The molecule has 1 aliphatic rings. The van der Waals surface area contributed by atoms with E-state index >= 15 is 0 Å². The molecule has 4 nitrogen and oxygen atoms in total. The standard InChI is InChI=1S/C10H5BrN2O2/c11-6-1-2-8-7(5-6)9(14)10(15)13(8)4-3-12/h1-2,5H,4H2. The van der Waals surface area contributed by atoms with E-state index in [1.807, 2.05) is 6.07 Å². The Hall–Kier alpha value is -1.67. The van der Waals surface area contributed by atoms with E-state index in [2.05, 4.69) is 15.9 Å². The molecule has 0 saturated carbocycles. The molecule has 2 rings (SSSR count). The number of hydrogen-bond acceptors (Lipinski definition) is 3. The lowest BCUT2D eigenvalue weighted by Gasteiger charge is -2.11. The van der Waals surface area contributed by atoms with E-state index in [9.17, 15) is 9.59 Å². The molecule has 0 spiro atoms. The number of carbonyl (C=O) groups excluding carboxylic acids is 2. The lowest BCUT2D eigenvalue weighted by molar-refractivity contribution is -0.114. The predicted molar refractivity (Wildman–Crippen MR) is 56.4 cm³/mol. The van der Waals surface area contributed by atoms with E-state index in [-0.39, 0.29) is 6.54 Å². The summed E-state index contributed by atoms with van der Waals surface area (Å²) in [5, 5.41) is 8.55. The largest absolute Gasteiger partial charge is 0.300 e. The van der Waals surface area contributed by atoms with E-state index in [4.69, 9.17) is 5.26 Å². The number of anilines is 1. The molecular formula is C10H5BrN2O2. The Morgan fingerprint density at radius 2 is 2.13 bits per heavy atom. The van der Waals surface area contributed by atoms with Crippen molar-refractivity contribution in [2.75, 3.05) is 11.4 Å². The van der Waals surface area contributed by atoms with Gasteiger partial charge >= 0.3 is 0 Å². The molecule has 5 heteroatoms. The van der Waals surface area contributed by atoms with Gasteiger partial charge in [0.2, 0.25) is 0 Å². The molecule has 0 bridgehead atoms. The topological polar surface area (TPSA) is 61.2 Å². The minimum atomic E-state index is -0.635. The van der Waals surface area contributed by atoms with Crippen LogP contribution in [0.25, 0.3) is 0 Å². The Balaban J connectivity index is 2.56. The van der Waals surface area contributed by atoms with Gasteiger partial charge < -0.3 is 0 Å². The number of benzene rings is 1. The zero-order valence-corrected chi connectivity index (χ0v) is 9.11. The number of halogens is 1. The molecular weight excluding hydrogens is 260 g/mol. The third-order valence-corrected chi connectivity index (χ3v) is 2.66. The first-order valence-corrected chi connectivity index (χ1v) is 4.97. The molecule has 1 heterocycles. The summed E-state index contributed by atoms with van der Waals surface area (Å²) in [7, 11) is 0. The van der Waals surface area contributed by atoms with E-state index < -0.39 is 11.7 Å². The highest BCUT2D eigenvalue weighted by molar-refractivity contribution is 9.10. The van der Waals surface area contributed by atoms with Gasteiger partial charge in [0.1, 0.15) is 6.54 Å². The molecule has 1 amide bonds. The Morgan fingerprint density at radius 1 is 1.40 bits per heavy atom. The second kappa shape index (κ2) is 3.48. The summed E-state index contributed by atoms with van der Waals surface area (Å²) in [5.74, 6) is -1.19. The minimum absolute atomic E-state index is 0.0980. The lowest BCUT2D eigenvalue weighted by Crippen LogP contribution is -2.29. The maximum absolute atomic E-state index is 11.5. The molecule has 1 aromatic rings. The number of Topliss-reactive ketones (excluding diaryl/α,β-unsaturated/α-hetero) is 1. The summed E-state index contributed by atoms with van der Waals surface area (Å²) in [6.07, 6.45) is 0. The van der Waals surface area contributed by atoms with Gasteiger partial charge in [-0.2, -0.15) is 5.26 Å². The number of carbonyl (C=O) groups is 2. The first-order chi connectivity index (χ1) is 7.15. The van der Waals surface area contributed by atoms with Crippen LogP contribution in [0.5, 0.6) is 0 Å². The first-order valence-electron chi connectivity index (χ1n) is 4.18. The molecule has 1 aliphatic heterocycles. The predicted octanol–water partition coefficient (Wildman–Crippen LogP) is 1.50. The van der Waals surface area contributed by atoms with Crippen molar-refractivity contribution in [3.8, 4) is 6.07 Å². The molecule has 74 valence electrons. The second-order valence-corrected chi connectivity index (χ2v) is 3.96. The summed E-state index contributed by atoms with van der Waals surface area (Å²) < 4.78 is 0.737. The van der Waals surface area contributed by atoms with E-state index in [1.54, 1.807) is 18.2 Å². The van der Waals surface area contributed by atoms with E-state index in [1.165, 1.54) is 4.90 Å². The number of nitriles is 1. The highest BCUT2D eigenvalue weighted by Crippen LogP contribution is 2.30. The molecule has 0 atom stereocenters. The molecule has 0 fully saturated rings. The van der Waals surface area contributed by atoms with Crippen LogP contribution in [0.4, 0.5) is 5.69 Å². The molecule has 0 aromatic heterocycles. The summed E-state index contributed by atoms with van der Waals surface area (Å²) >= 11 is 3.22. The van der Waals surface area contributed by atoms with Crippen molar-refractivity contribution in [3.63, 3.8) is 0 Å². The molecule has 15 heavy (non-hydrogen) atoms. The number of amides is 1. The van der Waals surface area contributed by atoms with E-state index in [0.717, 1.165) is 4.47 Å². The van der Waals surface area contributed by atoms with Crippen molar-refractivity contribution in [2.45, 2.75) is 0 Å². The van der Waals surface area contributed by atoms with Gasteiger partial charge in [-0.3, -0.25) is 14.5 Å². The SMILES string of the molecule is N#CCN1C(=O)C(=O)c2cc(Br)ccc21. The Bertz CT molecular complexity index is 505. The van der Waals surface area contributed by atoms with E-state index in [0.29, 0.717) is 11.3 Å². The second-order valence-electron chi connectivity index (χ2n) is 3.04. The molecule has 0 unspecified atom stereocenters. The van der Waals surface area contributed by atoms with Crippen LogP contribution in [-0.2, 0) is 4.79 Å². The molecule has 0 saturated heterocycles. The van der Waals surface area contributed by atoms with Gasteiger partial charge in [-0.1, -0.05) is 15.9 Å². The van der Waals surface area contributed by atoms with Crippen molar-refractivity contribution in [2.24, 2.45) is 0 Å². The van der Waals surface area contributed by atoms with Gasteiger partial charge in [0, 0.05) is 4.47 Å². The van der Waals surface area contributed by atoms with Gasteiger partial charge in [-0.15, -0.1) is 0 Å². The number of fused-ring (bicyclic) bond motifs is 1. The lowest BCUT2D eigenvalue weighted by atomic mass is 10.1. The number of ketones is 1. The average Bonchev–Trinajstić information content (AvgIpc) is 2.44. The zero-order valence-electron chi connectivity index (χ0n) is 7.53. The van der Waals surface area contributed by atoms with Crippen LogP contribution < -0.4 is 4.90 Å². The minimum Gasteiger partial charge on any atom is -0.291 e. The van der Waals surface area contributed by atoms with Gasteiger partial charge in [0.25, 0.3) is 11.7 Å². The maximum atomic E-state index is 11.5. The van der Waals surface area contributed by atoms with Crippen molar-refractivity contribution in [1.82, 2.24) is 0 Å². The Labute approximate surface area is 94.2 Å². The van der Waals surface area contributed by atoms with Gasteiger partial charge in [0.05, 0.1) is 17.3 Å². The summed E-state index contributed by atoms with van der Waals surface area (Å²) in [4.78, 5) is 24.2. The normalized spacial score (nSPS) is 14.0. The number of hydrogen-bond donors (Lipinski definition) is 0. The van der Waals surface area contributed by atoms with Gasteiger partial charge in [-0.05, 0) is 18.2 Å². The van der Waals surface area contributed by atoms with Crippen LogP contribution in [0.1, 0.15) is 10.4 Å². The Kier molecular flexibility index (Phi) is 2.29. The maximum Gasteiger partial charge on any atom is 0.300 e. The van der Waals surface area contributed by atoms with Gasteiger partial charge in [0.15, 0.2) is 0 Å². The number of nitrogens with zero attached hydrogens (tertiary/aromatic N) is 2. The van der Waals surface area contributed by atoms with Crippen LogP contribution in [0, 0.1) is 11.3 Å². The highest BCUT2D eigenvalue weighted by atomic mass is 79.9. The van der Waals surface area contributed by atoms with Crippen LogP contribution in [-0.4, -0.2) is 18.2 Å². The van der Waals surface area contributed by atoms with Crippen molar-refractivity contribution in [3.05, 3.63) is 28.2 Å². The molecule has 0 N–H and O–H groups in total. The molecule has 1 aromatic carbocycles. The smallest absolute Gasteiger partial charge is 0.291 e. The third-order valence-electron chi connectivity index (χ3n) is 2.16. The fraction of sp³-hybridized carbons (Fsp3) is 0.100. The summed E-state index contributed by atoms with van der Waals surface area (Å²) in [6, 6.07) is 6.83. The zero-order chi connectivity index (χ0) is 11.0. The van der Waals surface area contributed by atoms with Crippen molar-refractivity contribution < 1.29 is 9.59 Å². The van der Waals surface area contributed by atoms with Crippen molar-refractivity contribution in [1.29, 1.82) is 5.26 Å². The fourth-order valence-corrected chi connectivity index (χ4v) is 1.86. The Morgan fingerprint density at radius 3 is 2.80 bits per heavy atom. The fourth-order valence-electron chi connectivity index (χ4n) is 1.50. The number of rotatable bonds is 1. The molecule has 0 radical (unpaired) electrons. The van der Waals surface area contributed by atoms with Crippen LogP contribution in [0.3, 0.4) is 0 Å². The monoisotopic (exact) mass is 264 g/mol. The highest BCUT2D eigenvalue weighted by Gasteiger charge is 2.35. The summed E-state index contributed by atoms with van der Waals surface area (Å²) in [6.45, 7) is -0.0980. The van der Waals surface area contributed by atoms with Gasteiger partial charge in [-0.25, -0.2) is 0 Å². The summed E-state index contributed by atoms with van der Waals surface area (Å²) in [5.41, 5.74) is 0.861. The quantitative estimate of drug-likeness (QED) is 0.571. The third kappa shape index (κ3) is 1.43. The first kappa shape index (κ1) is 9.87. The molecule has 0 aliphatic carbocycles. The van der Waals surface area contributed by atoms with Crippen LogP contribution in [0.15, 0.2) is 22.7 Å². The van der Waals surface area contributed by atoms with Crippen LogP contribution >= 0.6 is 15.9 Å².